The van der Waals surface area contributed by atoms with Crippen LogP contribution in [0.25, 0.3) is 0 Å². The molecule has 0 fully saturated rings. The van der Waals surface area contributed by atoms with Crippen LogP contribution >= 0.6 is 11.6 Å². The van der Waals surface area contributed by atoms with Crippen molar-refractivity contribution in [1.29, 1.82) is 0 Å². The Morgan fingerprint density at radius 1 is 0.967 bits per heavy atom. The summed E-state index contributed by atoms with van der Waals surface area (Å²) in [5, 5.41) is 3.17. The van der Waals surface area contributed by atoms with E-state index in [4.69, 9.17) is 16.3 Å². The van der Waals surface area contributed by atoms with Gasteiger partial charge in [0.1, 0.15) is 5.75 Å². The molecule has 0 bridgehead atoms. The third-order valence-corrected chi connectivity index (χ3v) is 6.25. The van der Waals surface area contributed by atoms with Gasteiger partial charge in [-0.1, -0.05) is 35.4 Å². The van der Waals surface area contributed by atoms with E-state index in [1.807, 2.05) is 26.0 Å². The normalized spacial score (nSPS) is 11.1. The zero-order chi connectivity index (χ0) is 21.9. The number of benzene rings is 3. The molecule has 0 atom stereocenters. The fraction of sp³-hybridized carbons (Fsp3) is 0.136. The first-order valence-corrected chi connectivity index (χ1v) is 10.9. The van der Waals surface area contributed by atoms with E-state index in [9.17, 15) is 13.2 Å². The van der Waals surface area contributed by atoms with Gasteiger partial charge in [-0.05, 0) is 61.9 Å². The number of sulfonamides is 1. The molecule has 3 aromatic rings. The molecule has 0 heterocycles. The van der Waals surface area contributed by atoms with Gasteiger partial charge in [0.05, 0.1) is 23.4 Å². The lowest BCUT2D eigenvalue weighted by molar-refractivity contribution is 0.102. The SMILES string of the molecule is COc1ccc(S(=O)(=O)Nc2ccc(C)c(Cl)c2)cc1NC(=O)c1ccc(C)cc1. The Hall–Kier alpha value is -3.03. The minimum absolute atomic E-state index is 0.0285. The molecule has 0 unspecified atom stereocenters. The Labute approximate surface area is 180 Å². The maximum absolute atomic E-state index is 12.8. The number of anilines is 2. The molecule has 8 heteroatoms. The Kier molecular flexibility index (Phi) is 6.34. The molecule has 0 saturated carbocycles. The summed E-state index contributed by atoms with van der Waals surface area (Å²) in [6, 6.07) is 16.2. The van der Waals surface area contributed by atoms with Crippen molar-refractivity contribution in [2.75, 3.05) is 17.1 Å². The average molecular weight is 445 g/mol. The largest absolute Gasteiger partial charge is 0.495 e. The second kappa shape index (κ2) is 8.77. The number of rotatable bonds is 6. The minimum Gasteiger partial charge on any atom is -0.495 e. The standard InChI is InChI=1S/C22H21ClN2O4S/c1-14-4-7-16(8-5-14)22(26)24-20-13-18(10-11-21(20)29-3)30(27,28)25-17-9-6-15(2)19(23)12-17/h4-13,25H,1-3H3,(H,24,26). The number of carbonyl (C=O) groups excluding carboxylic acids is 1. The average Bonchev–Trinajstić information content (AvgIpc) is 2.71. The topological polar surface area (TPSA) is 84.5 Å². The Morgan fingerprint density at radius 3 is 2.30 bits per heavy atom. The van der Waals surface area contributed by atoms with Crippen molar-refractivity contribution in [2.24, 2.45) is 0 Å². The third-order valence-electron chi connectivity index (χ3n) is 4.47. The van der Waals surface area contributed by atoms with Crippen LogP contribution in [0.2, 0.25) is 5.02 Å². The predicted octanol–water partition coefficient (Wildman–Crippen LogP) is 5.02. The summed E-state index contributed by atoms with van der Waals surface area (Å²) >= 11 is 6.08. The summed E-state index contributed by atoms with van der Waals surface area (Å²) in [5.74, 6) is -0.0334. The highest BCUT2D eigenvalue weighted by Crippen LogP contribution is 2.29. The van der Waals surface area contributed by atoms with Crippen LogP contribution in [-0.4, -0.2) is 21.4 Å². The van der Waals surface area contributed by atoms with E-state index < -0.39 is 10.0 Å². The van der Waals surface area contributed by atoms with Crippen LogP contribution in [0, 0.1) is 13.8 Å². The fourth-order valence-corrected chi connectivity index (χ4v) is 3.98. The van der Waals surface area contributed by atoms with Gasteiger partial charge in [-0.15, -0.1) is 0 Å². The maximum Gasteiger partial charge on any atom is 0.261 e. The highest BCUT2D eigenvalue weighted by molar-refractivity contribution is 7.92. The summed E-state index contributed by atoms with van der Waals surface area (Å²) in [6.07, 6.45) is 0. The molecule has 0 aromatic heterocycles. The van der Waals surface area contributed by atoms with Gasteiger partial charge in [-0.2, -0.15) is 0 Å². The lowest BCUT2D eigenvalue weighted by atomic mass is 10.1. The van der Waals surface area contributed by atoms with Gasteiger partial charge in [0.2, 0.25) is 0 Å². The second-order valence-electron chi connectivity index (χ2n) is 6.75. The summed E-state index contributed by atoms with van der Waals surface area (Å²) < 4.78 is 33.4. The van der Waals surface area contributed by atoms with Gasteiger partial charge in [0, 0.05) is 10.6 Å². The van der Waals surface area contributed by atoms with E-state index in [0.717, 1.165) is 11.1 Å². The number of halogens is 1. The first-order valence-electron chi connectivity index (χ1n) is 9.04. The molecule has 156 valence electrons. The molecule has 6 nitrogen and oxygen atoms in total. The zero-order valence-corrected chi connectivity index (χ0v) is 18.3. The van der Waals surface area contributed by atoms with E-state index in [-0.39, 0.29) is 16.5 Å². The summed E-state index contributed by atoms with van der Waals surface area (Å²) in [5.41, 5.74) is 2.90. The van der Waals surface area contributed by atoms with Gasteiger partial charge >= 0.3 is 0 Å². The Morgan fingerprint density at radius 2 is 1.67 bits per heavy atom. The lowest BCUT2D eigenvalue weighted by Crippen LogP contribution is -2.16. The highest BCUT2D eigenvalue weighted by atomic mass is 35.5. The quantitative estimate of drug-likeness (QED) is 0.559. The van der Waals surface area contributed by atoms with Crippen molar-refractivity contribution >= 4 is 38.9 Å². The van der Waals surface area contributed by atoms with Crippen molar-refractivity contribution in [1.82, 2.24) is 0 Å². The fourth-order valence-electron chi connectivity index (χ4n) is 2.72. The van der Waals surface area contributed by atoms with Crippen molar-refractivity contribution in [2.45, 2.75) is 18.7 Å². The van der Waals surface area contributed by atoms with Crippen molar-refractivity contribution in [3.8, 4) is 5.75 Å². The van der Waals surface area contributed by atoms with Crippen LogP contribution in [-0.2, 0) is 10.0 Å². The van der Waals surface area contributed by atoms with Gasteiger partial charge in [0.15, 0.2) is 0 Å². The molecule has 0 spiro atoms. The molecule has 3 aromatic carbocycles. The predicted molar refractivity (Wildman–Crippen MR) is 119 cm³/mol. The highest BCUT2D eigenvalue weighted by Gasteiger charge is 2.18. The van der Waals surface area contributed by atoms with Gasteiger partial charge in [-0.3, -0.25) is 9.52 Å². The van der Waals surface area contributed by atoms with Crippen molar-refractivity contribution < 1.29 is 17.9 Å². The number of ether oxygens (including phenoxy) is 1. The van der Waals surface area contributed by atoms with Crippen LogP contribution in [0.15, 0.2) is 65.6 Å². The molecule has 3 rings (SSSR count). The first kappa shape index (κ1) is 21.7. The molecular weight excluding hydrogens is 424 g/mol. The minimum atomic E-state index is -3.91. The number of hydrogen-bond acceptors (Lipinski definition) is 4. The van der Waals surface area contributed by atoms with Crippen molar-refractivity contribution in [3.05, 3.63) is 82.4 Å². The molecule has 0 aliphatic rings. The van der Waals surface area contributed by atoms with E-state index in [1.54, 1.807) is 24.3 Å². The molecule has 2 N–H and O–H groups in total. The molecule has 0 saturated heterocycles. The molecule has 30 heavy (non-hydrogen) atoms. The molecule has 0 aliphatic heterocycles. The molecule has 0 aliphatic carbocycles. The second-order valence-corrected chi connectivity index (χ2v) is 8.84. The number of carbonyl (C=O) groups is 1. The molecule has 0 radical (unpaired) electrons. The number of amides is 1. The summed E-state index contributed by atoms with van der Waals surface area (Å²) in [7, 11) is -2.47. The van der Waals surface area contributed by atoms with Crippen LogP contribution in [0.3, 0.4) is 0 Å². The van der Waals surface area contributed by atoms with Crippen LogP contribution in [0.4, 0.5) is 11.4 Å². The Bertz CT molecular complexity index is 1190. The molecule has 1 amide bonds. The monoisotopic (exact) mass is 444 g/mol. The van der Waals surface area contributed by atoms with E-state index in [2.05, 4.69) is 10.0 Å². The maximum atomic E-state index is 12.8. The van der Waals surface area contributed by atoms with Crippen LogP contribution in [0.1, 0.15) is 21.5 Å². The summed E-state index contributed by atoms with van der Waals surface area (Å²) in [6.45, 7) is 3.75. The van der Waals surface area contributed by atoms with E-state index in [1.165, 1.54) is 31.4 Å². The summed E-state index contributed by atoms with van der Waals surface area (Å²) in [4.78, 5) is 12.5. The van der Waals surface area contributed by atoms with E-state index >= 15 is 0 Å². The first-order chi connectivity index (χ1) is 14.2. The molecular formula is C22H21ClN2O4S. The van der Waals surface area contributed by atoms with Gasteiger partial charge < -0.3 is 10.1 Å². The van der Waals surface area contributed by atoms with Crippen LogP contribution < -0.4 is 14.8 Å². The lowest BCUT2D eigenvalue weighted by Gasteiger charge is -2.14. The number of hydrogen-bond donors (Lipinski definition) is 2. The third kappa shape index (κ3) is 4.93. The number of aryl methyl sites for hydroxylation is 2. The zero-order valence-electron chi connectivity index (χ0n) is 16.7. The smallest absolute Gasteiger partial charge is 0.261 e. The Balaban J connectivity index is 1.89. The van der Waals surface area contributed by atoms with Gasteiger partial charge in [0.25, 0.3) is 15.9 Å². The van der Waals surface area contributed by atoms with Crippen LogP contribution in [0.5, 0.6) is 5.75 Å². The van der Waals surface area contributed by atoms with E-state index in [0.29, 0.717) is 22.0 Å². The van der Waals surface area contributed by atoms with Gasteiger partial charge in [-0.25, -0.2) is 8.42 Å². The number of methoxy groups -OCH3 is 1. The van der Waals surface area contributed by atoms with Crippen molar-refractivity contribution in [3.63, 3.8) is 0 Å². The number of nitrogens with one attached hydrogen (secondary N) is 2.